The maximum atomic E-state index is 14.2. The van der Waals surface area contributed by atoms with E-state index in [1.807, 2.05) is 26.0 Å². The molecule has 0 bridgehead atoms. The first-order valence-electron chi connectivity index (χ1n) is 6.67. The molecule has 0 N–H and O–H groups in total. The summed E-state index contributed by atoms with van der Waals surface area (Å²) in [6.07, 6.45) is 2.72. The van der Waals surface area contributed by atoms with Gasteiger partial charge < -0.3 is 4.74 Å². The molecule has 2 rings (SSSR count). The third-order valence-corrected chi connectivity index (χ3v) is 3.50. The zero-order valence-corrected chi connectivity index (χ0v) is 12.3. The van der Waals surface area contributed by atoms with Crippen LogP contribution < -0.4 is 4.74 Å². The minimum atomic E-state index is -0.344. The Balaban J connectivity index is 2.74. The largest absolute Gasteiger partial charge is 0.497 e. The Labute approximate surface area is 123 Å². The molecule has 0 spiro atoms. The predicted octanol–water partition coefficient (Wildman–Crippen LogP) is 4.74. The van der Waals surface area contributed by atoms with E-state index >= 15 is 0 Å². The number of allylic oxidation sites excluding steroid dienone is 2. The van der Waals surface area contributed by atoms with Crippen molar-refractivity contribution in [2.45, 2.75) is 13.8 Å². The maximum absolute atomic E-state index is 14.2. The SMILES string of the molecule is C/C=C(\C)c1ccc(C=O)cc1-c1cc(OC)ccc1F. The summed E-state index contributed by atoms with van der Waals surface area (Å²) in [6, 6.07) is 9.87. The summed E-state index contributed by atoms with van der Waals surface area (Å²) in [6.45, 7) is 3.88. The van der Waals surface area contributed by atoms with Crippen LogP contribution >= 0.6 is 0 Å². The van der Waals surface area contributed by atoms with Gasteiger partial charge in [-0.2, -0.15) is 0 Å². The van der Waals surface area contributed by atoms with Crippen molar-refractivity contribution in [1.29, 1.82) is 0 Å². The summed E-state index contributed by atoms with van der Waals surface area (Å²) in [4.78, 5) is 11.0. The molecular formula is C18H17FO2. The van der Waals surface area contributed by atoms with Crippen molar-refractivity contribution in [1.82, 2.24) is 0 Å². The minimum absolute atomic E-state index is 0.344. The van der Waals surface area contributed by atoms with Crippen LogP contribution in [0.5, 0.6) is 5.75 Å². The molecule has 2 aromatic carbocycles. The van der Waals surface area contributed by atoms with Gasteiger partial charge in [0.15, 0.2) is 0 Å². The lowest BCUT2D eigenvalue weighted by atomic mass is 9.93. The van der Waals surface area contributed by atoms with E-state index in [2.05, 4.69) is 0 Å². The number of hydrogen-bond acceptors (Lipinski definition) is 2. The summed E-state index contributed by atoms with van der Waals surface area (Å²) in [5.41, 5.74) is 3.54. The smallest absolute Gasteiger partial charge is 0.150 e. The van der Waals surface area contributed by atoms with Crippen molar-refractivity contribution in [3.8, 4) is 16.9 Å². The fraction of sp³-hybridized carbons (Fsp3) is 0.167. The van der Waals surface area contributed by atoms with Crippen molar-refractivity contribution in [2.75, 3.05) is 7.11 Å². The van der Waals surface area contributed by atoms with E-state index in [1.54, 1.807) is 24.3 Å². The van der Waals surface area contributed by atoms with Gasteiger partial charge in [-0.15, -0.1) is 0 Å². The van der Waals surface area contributed by atoms with Gasteiger partial charge in [0.1, 0.15) is 17.9 Å². The number of carbonyl (C=O) groups is 1. The molecule has 0 heterocycles. The molecule has 2 aromatic rings. The summed E-state index contributed by atoms with van der Waals surface area (Å²) in [7, 11) is 1.54. The van der Waals surface area contributed by atoms with Gasteiger partial charge >= 0.3 is 0 Å². The van der Waals surface area contributed by atoms with Gasteiger partial charge in [0.25, 0.3) is 0 Å². The Kier molecular flexibility index (Phi) is 4.53. The van der Waals surface area contributed by atoms with Crippen molar-refractivity contribution in [2.24, 2.45) is 0 Å². The average Bonchev–Trinajstić information content (AvgIpc) is 2.54. The van der Waals surface area contributed by atoms with Crippen LogP contribution in [0.4, 0.5) is 4.39 Å². The Bertz CT molecular complexity index is 702. The lowest BCUT2D eigenvalue weighted by molar-refractivity contribution is 0.112. The molecule has 0 atom stereocenters. The second-order valence-corrected chi connectivity index (χ2v) is 4.74. The summed E-state index contributed by atoms with van der Waals surface area (Å²) in [5.74, 6) is 0.232. The monoisotopic (exact) mass is 284 g/mol. The molecule has 0 aromatic heterocycles. The standard InChI is InChI=1S/C18H17FO2/c1-4-12(2)15-7-5-13(11-20)9-16(15)17-10-14(21-3)6-8-18(17)19/h4-11H,1-3H3/b12-4+. The highest BCUT2D eigenvalue weighted by Gasteiger charge is 2.13. The molecule has 0 amide bonds. The highest BCUT2D eigenvalue weighted by Crippen LogP contribution is 2.33. The third-order valence-electron chi connectivity index (χ3n) is 3.50. The molecule has 0 unspecified atom stereocenters. The number of aldehydes is 1. The van der Waals surface area contributed by atoms with Crippen LogP contribution in [-0.2, 0) is 0 Å². The van der Waals surface area contributed by atoms with Crippen molar-refractivity contribution in [3.63, 3.8) is 0 Å². The number of halogens is 1. The first-order valence-corrected chi connectivity index (χ1v) is 6.67. The van der Waals surface area contributed by atoms with Gasteiger partial charge in [-0.25, -0.2) is 4.39 Å². The highest BCUT2D eigenvalue weighted by molar-refractivity contribution is 5.86. The molecule has 0 saturated heterocycles. The van der Waals surface area contributed by atoms with Gasteiger partial charge in [-0.3, -0.25) is 4.79 Å². The number of carbonyl (C=O) groups excluding carboxylic acids is 1. The van der Waals surface area contributed by atoms with E-state index in [0.717, 1.165) is 17.4 Å². The van der Waals surface area contributed by atoms with Crippen LogP contribution in [0, 0.1) is 5.82 Å². The average molecular weight is 284 g/mol. The first-order chi connectivity index (χ1) is 10.1. The quantitative estimate of drug-likeness (QED) is 0.758. The molecule has 0 saturated carbocycles. The molecule has 0 radical (unpaired) electrons. The van der Waals surface area contributed by atoms with Gasteiger partial charge in [0.05, 0.1) is 7.11 Å². The number of rotatable bonds is 4. The van der Waals surface area contributed by atoms with Crippen LogP contribution in [0.1, 0.15) is 29.8 Å². The zero-order chi connectivity index (χ0) is 15.4. The molecule has 0 aliphatic carbocycles. The third kappa shape index (κ3) is 3.02. The van der Waals surface area contributed by atoms with E-state index in [9.17, 15) is 9.18 Å². The fourth-order valence-corrected chi connectivity index (χ4v) is 2.20. The number of benzene rings is 2. The van der Waals surface area contributed by atoms with Crippen LogP contribution in [0.2, 0.25) is 0 Å². The molecule has 21 heavy (non-hydrogen) atoms. The van der Waals surface area contributed by atoms with Gasteiger partial charge in [0.2, 0.25) is 0 Å². The number of hydrogen-bond donors (Lipinski definition) is 0. The topological polar surface area (TPSA) is 26.3 Å². The van der Waals surface area contributed by atoms with Gasteiger partial charge in [0, 0.05) is 11.1 Å². The van der Waals surface area contributed by atoms with Gasteiger partial charge in [-0.1, -0.05) is 18.2 Å². The van der Waals surface area contributed by atoms with Crippen LogP contribution in [0.25, 0.3) is 16.7 Å². The van der Waals surface area contributed by atoms with E-state index in [1.165, 1.54) is 13.2 Å². The molecule has 0 fully saturated rings. The van der Waals surface area contributed by atoms with Crippen LogP contribution in [0.3, 0.4) is 0 Å². The molecule has 0 aliphatic heterocycles. The molecule has 108 valence electrons. The zero-order valence-electron chi connectivity index (χ0n) is 12.3. The molecule has 2 nitrogen and oxygen atoms in total. The second-order valence-electron chi connectivity index (χ2n) is 4.74. The number of methoxy groups -OCH3 is 1. The molecule has 0 aliphatic rings. The van der Waals surface area contributed by atoms with Crippen molar-refractivity contribution in [3.05, 3.63) is 59.4 Å². The Morgan fingerprint density at radius 2 is 1.90 bits per heavy atom. The number of ether oxygens (including phenoxy) is 1. The Hall–Kier alpha value is -2.42. The normalized spacial score (nSPS) is 11.3. The summed E-state index contributed by atoms with van der Waals surface area (Å²) < 4.78 is 19.4. The predicted molar refractivity (Wildman–Crippen MR) is 83.1 cm³/mol. The van der Waals surface area contributed by atoms with Crippen molar-refractivity contribution >= 4 is 11.9 Å². The van der Waals surface area contributed by atoms with Gasteiger partial charge in [-0.05, 0) is 54.8 Å². The first kappa shape index (κ1) is 15.0. The second kappa shape index (κ2) is 6.35. The van der Waals surface area contributed by atoms with E-state index in [-0.39, 0.29) is 5.82 Å². The van der Waals surface area contributed by atoms with E-state index in [4.69, 9.17) is 4.74 Å². The van der Waals surface area contributed by atoms with E-state index in [0.29, 0.717) is 22.4 Å². The fourth-order valence-electron chi connectivity index (χ4n) is 2.20. The van der Waals surface area contributed by atoms with E-state index < -0.39 is 0 Å². The maximum Gasteiger partial charge on any atom is 0.150 e. The summed E-state index contributed by atoms with van der Waals surface area (Å²) >= 11 is 0. The highest BCUT2D eigenvalue weighted by atomic mass is 19.1. The summed E-state index contributed by atoms with van der Waals surface area (Å²) in [5, 5.41) is 0. The lowest BCUT2D eigenvalue weighted by Crippen LogP contribution is -1.94. The van der Waals surface area contributed by atoms with Crippen molar-refractivity contribution < 1.29 is 13.9 Å². The lowest BCUT2D eigenvalue weighted by Gasteiger charge is -2.13. The molecular weight excluding hydrogens is 267 g/mol. The Morgan fingerprint density at radius 3 is 2.52 bits per heavy atom. The molecule has 3 heteroatoms. The minimum Gasteiger partial charge on any atom is -0.497 e. The van der Waals surface area contributed by atoms with Crippen LogP contribution in [-0.4, -0.2) is 13.4 Å². The Morgan fingerprint density at radius 1 is 1.14 bits per heavy atom. The van der Waals surface area contributed by atoms with Crippen LogP contribution in [0.15, 0.2) is 42.5 Å².